The lowest BCUT2D eigenvalue weighted by atomic mass is 10.1. The second-order valence-electron chi connectivity index (χ2n) is 7.56. The molecule has 170 valence electrons. The monoisotopic (exact) mass is 547 g/mol. The van der Waals surface area contributed by atoms with Crippen LogP contribution in [-0.4, -0.2) is 18.4 Å². The van der Waals surface area contributed by atoms with Gasteiger partial charge in [-0.15, -0.1) is 0 Å². The molecule has 2 N–H and O–H groups in total. The number of ether oxygens (including phenoxy) is 1. The molecule has 1 aliphatic heterocycles. The van der Waals surface area contributed by atoms with Gasteiger partial charge in [0.15, 0.2) is 0 Å². The number of benzene rings is 3. The maximum absolute atomic E-state index is 12.6. The van der Waals surface area contributed by atoms with Crippen LogP contribution in [0.4, 0.5) is 11.4 Å². The zero-order valence-corrected chi connectivity index (χ0v) is 20.5. The number of carbonyl (C=O) groups is 2. The predicted octanol–water partition coefficient (Wildman–Crippen LogP) is 5.83. The summed E-state index contributed by atoms with van der Waals surface area (Å²) in [5, 5.41) is 0.984. The molecule has 1 saturated heterocycles. The van der Waals surface area contributed by atoms with Gasteiger partial charge in [0.1, 0.15) is 12.4 Å². The number of amides is 2. The summed E-state index contributed by atoms with van der Waals surface area (Å²) < 4.78 is 6.69. The summed E-state index contributed by atoms with van der Waals surface area (Å²) in [6.07, 6.45) is 0.172. The molecule has 9 heteroatoms. The van der Waals surface area contributed by atoms with E-state index < -0.39 is 5.92 Å². The fourth-order valence-electron chi connectivity index (χ4n) is 3.42. The summed E-state index contributed by atoms with van der Waals surface area (Å²) in [7, 11) is 0. The van der Waals surface area contributed by atoms with E-state index in [9.17, 15) is 9.59 Å². The lowest BCUT2D eigenvalue weighted by molar-refractivity contribution is -0.125. The number of halogens is 3. The van der Waals surface area contributed by atoms with Crippen molar-refractivity contribution in [2.75, 3.05) is 16.9 Å². The summed E-state index contributed by atoms with van der Waals surface area (Å²) >= 11 is 15.3. The van der Waals surface area contributed by atoms with Crippen molar-refractivity contribution in [1.82, 2.24) is 5.43 Å². The number of carbonyl (C=O) groups excluding carboxylic acids is 2. The molecule has 0 radical (unpaired) electrons. The summed E-state index contributed by atoms with van der Waals surface area (Å²) in [6.45, 7) is 0.695. The van der Waals surface area contributed by atoms with Crippen molar-refractivity contribution >= 4 is 62.3 Å². The maximum atomic E-state index is 12.6. The first-order chi connectivity index (χ1) is 15.9. The molecule has 0 aromatic heterocycles. The predicted molar refractivity (Wildman–Crippen MR) is 134 cm³/mol. The Morgan fingerprint density at radius 2 is 1.76 bits per heavy atom. The molecule has 1 heterocycles. The SMILES string of the molecule is O=C(NNc1ccc(OCc2ccc(Cl)c(Cl)c2)cc1)[C@H]1CC(=O)N(c2ccc(Br)cc2)C1. The first-order valence-corrected chi connectivity index (χ1v) is 11.7. The third kappa shape index (κ3) is 5.99. The van der Waals surface area contributed by atoms with E-state index in [1.165, 1.54) is 0 Å². The van der Waals surface area contributed by atoms with Crippen molar-refractivity contribution in [3.05, 3.63) is 86.8 Å². The molecule has 3 aromatic carbocycles. The minimum Gasteiger partial charge on any atom is -0.489 e. The Labute approximate surface area is 209 Å². The number of hydrogen-bond donors (Lipinski definition) is 2. The smallest absolute Gasteiger partial charge is 0.243 e. The van der Waals surface area contributed by atoms with Crippen LogP contribution >= 0.6 is 39.1 Å². The van der Waals surface area contributed by atoms with Gasteiger partial charge in [-0.3, -0.25) is 20.4 Å². The number of anilines is 2. The van der Waals surface area contributed by atoms with Crippen LogP contribution in [0.15, 0.2) is 71.2 Å². The minimum atomic E-state index is -0.428. The number of nitrogens with zero attached hydrogens (tertiary/aromatic N) is 1. The van der Waals surface area contributed by atoms with E-state index in [-0.39, 0.29) is 18.2 Å². The molecule has 4 rings (SSSR count). The van der Waals surface area contributed by atoms with Crippen LogP contribution in [0.3, 0.4) is 0 Å². The Morgan fingerprint density at radius 1 is 1.03 bits per heavy atom. The summed E-state index contributed by atoms with van der Waals surface area (Å²) in [5.74, 6) is -0.0595. The Morgan fingerprint density at radius 3 is 2.45 bits per heavy atom. The summed E-state index contributed by atoms with van der Waals surface area (Å²) in [5.41, 5.74) is 7.96. The highest BCUT2D eigenvalue weighted by Gasteiger charge is 2.35. The molecule has 0 spiro atoms. The highest BCUT2D eigenvalue weighted by molar-refractivity contribution is 9.10. The largest absolute Gasteiger partial charge is 0.489 e. The van der Waals surface area contributed by atoms with Crippen LogP contribution in [0.1, 0.15) is 12.0 Å². The van der Waals surface area contributed by atoms with Gasteiger partial charge in [-0.2, -0.15) is 0 Å². The van der Waals surface area contributed by atoms with Gasteiger partial charge in [0.05, 0.1) is 21.7 Å². The van der Waals surface area contributed by atoms with Crippen molar-refractivity contribution in [2.24, 2.45) is 5.92 Å². The molecule has 0 bridgehead atoms. The molecule has 1 atom stereocenters. The van der Waals surface area contributed by atoms with Gasteiger partial charge in [0.2, 0.25) is 11.8 Å². The topological polar surface area (TPSA) is 70.7 Å². The molecule has 3 aromatic rings. The van der Waals surface area contributed by atoms with Gasteiger partial charge >= 0.3 is 0 Å². The Hall–Kier alpha value is -2.74. The highest BCUT2D eigenvalue weighted by atomic mass is 79.9. The molecular weight excluding hydrogens is 529 g/mol. The lowest BCUT2D eigenvalue weighted by Gasteiger charge is -2.17. The van der Waals surface area contributed by atoms with Crippen LogP contribution in [0.25, 0.3) is 0 Å². The van der Waals surface area contributed by atoms with E-state index in [2.05, 4.69) is 26.8 Å². The Kier molecular flexibility index (Phi) is 7.42. The van der Waals surface area contributed by atoms with Crippen LogP contribution in [0.2, 0.25) is 10.0 Å². The normalized spacial score (nSPS) is 15.4. The van der Waals surface area contributed by atoms with E-state index in [1.54, 1.807) is 41.3 Å². The molecule has 2 amide bonds. The van der Waals surface area contributed by atoms with Gasteiger partial charge in [-0.25, -0.2) is 0 Å². The van der Waals surface area contributed by atoms with E-state index in [4.69, 9.17) is 27.9 Å². The first-order valence-electron chi connectivity index (χ1n) is 10.2. The molecule has 1 aliphatic rings. The van der Waals surface area contributed by atoms with E-state index in [0.717, 1.165) is 15.7 Å². The third-order valence-electron chi connectivity index (χ3n) is 5.21. The minimum absolute atomic E-state index is 0.0686. The van der Waals surface area contributed by atoms with Crippen molar-refractivity contribution in [3.8, 4) is 5.75 Å². The number of rotatable bonds is 7. The van der Waals surface area contributed by atoms with Crippen LogP contribution in [0.5, 0.6) is 5.75 Å². The number of nitrogens with one attached hydrogen (secondary N) is 2. The zero-order valence-electron chi connectivity index (χ0n) is 17.4. The molecule has 0 saturated carbocycles. The van der Waals surface area contributed by atoms with Crippen molar-refractivity contribution in [3.63, 3.8) is 0 Å². The van der Waals surface area contributed by atoms with Crippen molar-refractivity contribution in [2.45, 2.75) is 13.0 Å². The van der Waals surface area contributed by atoms with Gasteiger partial charge < -0.3 is 9.64 Å². The molecule has 6 nitrogen and oxygen atoms in total. The average molecular weight is 549 g/mol. The molecular formula is C24H20BrCl2N3O3. The standard InChI is InChI=1S/C24H20BrCl2N3O3/c25-17-2-6-19(7-3-17)30-13-16(12-23(30)31)24(32)29-28-18-4-8-20(9-5-18)33-14-15-1-10-21(26)22(27)11-15/h1-11,16,28H,12-14H2,(H,29,32)/t16-/m0/s1. The van der Waals surface area contributed by atoms with Crippen LogP contribution in [0, 0.1) is 5.92 Å². The zero-order chi connectivity index (χ0) is 23.4. The summed E-state index contributed by atoms with van der Waals surface area (Å²) in [4.78, 5) is 26.6. The molecule has 33 heavy (non-hydrogen) atoms. The Bertz CT molecular complexity index is 1160. The highest BCUT2D eigenvalue weighted by Crippen LogP contribution is 2.27. The third-order valence-corrected chi connectivity index (χ3v) is 6.48. The van der Waals surface area contributed by atoms with Gasteiger partial charge in [-0.1, -0.05) is 45.2 Å². The van der Waals surface area contributed by atoms with Crippen LogP contribution < -0.4 is 20.5 Å². The maximum Gasteiger partial charge on any atom is 0.243 e. The Balaban J connectivity index is 1.26. The fourth-order valence-corrected chi connectivity index (χ4v) is 4.01. The van der Waals surface area contributed by atoms with Gasteiger partial charge in [0, 0.05) is 23.1 Å². The molecule has 0 unspecified atom stereocenters. The van der Waals surface area contributed by atoms with Crippen LogP contribution in [-0.2, 0) is 16.2 Å². The fraction of sp³-hybridized carbons (Fsp3) is 0.167. The second kappa shape index (κ2) is 10.5. The summed E-state index contributed by atoms with van der Waals surface area (Å²) in [6, 6.07) is 20.0. The molecule has 1 fully saturated rings. The number of hydrogen-bond acceptors (Lipinski definition) is 4. The van der Waals surface area contributed by atoms with Gasteiger partial charge in [-0.05, 0) is 66.2 Å². The first kappa shape index (κ1) is 23.4. The van der Waals surface area contributed by atoms with Crippen molar-refractivity contribution < 1.29 is 14.3 Å². The second-order valence-corrected chi connectivity index (χ2v) is 9.29. The lowest BCUT2D eigenvalue weighted by Crippen LogP contribution is -2.36. The van der Waals surface area contributed by atoms with Gasteiger partial charge in [0.25, 0.3) is 0 Å². The van der Waals surface area contributed by atoms with E-state index >= 15 is 0 Å². The molecule has 0 aliphatic carbocycles. The van der Waals surface area contributed by atoms with E-state index in [1.807, 2.05) is 30.3 Å². The number of hydrazine groups is 1. The van der Waals surface area contributed by atoms with E-state index in [0.29, 0.717) is 34.6 Å². The average Bonchev–Trinajstić information content (AvgIpc) is 3.21. The van der Waals surface area contributed by atoms with Crippen molar-refractivity contribution in [1.29, 1.82) is 0 Å². The quantitative estimate of drug-likeness (QED) is 0.364.